The normalized spacial score (nSPS) is 16.0. The second kappa shape index (κ2) is 11.2. The number of alkyl halides is 6. The molecule has 1 aromatic carbocycles. The number of aryl methyl sites for hydroxylation is 1. The van der Waals surface area contributed by atoms with Gasteiger partial charge in [0.2, 0.25) is 12.9 Å². The average molecular weight is 533 g/mol. The number of hydrogen-bond donors (Lipinski definition) is 0. The zero-order valence-corrected chi connectivity index (χ0v) is 18.3. The number of nitrogens with zero attached hydrogens (tertiary/aromatic N) is 1. The lowest BCUT2D eigenvalue weighted by Crippen LogP contribution is -2.41. The predicted molar refractivity (Wildman–Crippen MR) is 102 cm³/mol. The van der Waals surface area contributed by atoms with E-state index in [0.717, 1.165) is 6.07 Å². The first-order valence-corrected chi connectivity index (χ1v) is 9.70. The van der Waals surface area contributed by atoms with Gasteiger partial charge in [0.15, 0.2) is 0 Å². The number of carbonyl (C=O) groups excluding carboxylic acids is 2. The van der Waals surface area contributed by atoms with E-state index in [1.54, 1.807) is 0 Å². The van der Waals surface area contributed by atoms with E-state index in [4.69, 9.17) is 4.74 Å². The molecule has 36 heavy (non-hydrogen) atoms. The molecule has 0 radical (unpaired) electrons. The van der Waals surface area contributed by atoms with E-state index in [9.17, 15) is 46.0 Å². The Balaban J connectivity index is 2.09. The van der Waals surface area contributed by atoms with Crippen molar-refractivity contribution in [2.45, 2.75) is 45.0 Å². The zero-order chi connectivity index (χ0) is 27.3. The van der Waals surface area contributed by atoms with Crippen molar-refractivity contribution in [3.05, 3.63) is 38.9 Å². The molecule has 0 aliphatic carbocycles. The Labute approximate surface area is 197 Å². The van der Waals surface area contributed by atoms with Crippen LogP contribution in [0.15, 0.2) is 17.7 Å². The maximum Gasteiger partial charge on any atom is 0.573 e. The van der Waals surface area contributed by atoms with Crippen molar-refractivity contribution in [2.24, 2.45) is 0 Å². The van der Waals surface area contributed by atoms with Crippen molar-refractivity contribution in [1.29, 1.82) is 0 Å². The lowest BCUT2D eigenvalue weighted by atomic mass is 9.99. The number of carbonyl (C=O) groups is 2. The van der Waals surface area contributed by atoms with Crippen molar-refractivity contribution in [1.82, 2.24) is 0 Å². The Morgan fingerprint density at radius 3 is 2.42 bits per heavy atom. The number of fused-ring (bicyclic) bond motifs is 1. The first-order valence-electron chi connectivity index (χ1n) is 9.70. The summed E-state index contributed by atoms with van der Waals surface area (Å²) < 4.78 is 100. The van der Waals surface area contributed by atoms with Crippen molar-refractivity contribution in [3.63, 3.8) is 0 Å². The molecule has 0 aromatic heterocycles. The van der Waals surface area contributed by atoms with Gasteiger partial charge in [-0.1, -0.05) is 0 Å². The van der Waals surface area contributed by atoms with Crippen LogP contribution in [-0.4, -0.2) is 55.4 Å². The van der Waals surface area contributed by atoms with Crippen LogP contribution in [0, 0.1) is 17.0 Å². The summed E-state index contributed by atoms with van der Waals surface area (Å²) in [6.45, 7) is 0.905. The fourth-order valence-electron chi connectivity index (χ4n) is 2.83. The summed E-state index contributed by atoms with van der Waals surface area (Å²) in [6.07, 6.45) is -14.9. The van der Waals surface area contributed by atoms with Crippen LogP contribution in [-0.2, 0) is 23.8 Å². The van der Waals surface area contributed by atoms with E-state index in [1.807, 2.05) is 0 Å². The highest BCUT2D eigenvalue weighted by molar-refractivity contribution is 5.96. The number of rotatable bonds is 9. The molecule has 200 valence electrons. The first kappa shape index (κ1) is 28.3. The molecule has 0 saturated carbocycles. The van der Waals surface area contributed by atoms with Crippen molar-refractivity contribution < 1.29 is 69.5 Å². The quantitative estimate of drug-likeness (QED) is 0.149. The lowest BCUT2D eigenvalue weighted by molar-refractivity contribution is -0.758. The second-order valence-corrected chi connectivity index (χ2v) is 7.06. The Morgan fingerprint density at radius 1 is 1.17 bits per heavy atom. The fourth-order valence-corrected chi connectivity index (χ4v) is 2.83. The molecule has 0 fully saturated rings. The highest BCUT2D eigenvalue weighted by Gasteiger charge is 2.49. The summed E-state index contributed by atoms with van der Waals surface area (Å²) in [7, 11) is 0. The van der Waals surface area contributed by atoms with E-state index < -0.39 is 72.4 Å². The Morgan fingerprint density at radius 2 is 1.83 bits per heavy atom. The molecule has 1 aromatic rings. The fraction of sp³-hybridized carbons (Fsp3) is 0.474. The summed E-state index contributed by atoms with van der Waals surface area (Å²) >= 11 is 0. The van der Waals surface area contributed by atoms with Gasteiger partial charge >= 0.3 is 24.7 Å². The topological polar surface area (TPSA) is 133 Å². The van der Waals surface area contributed by atoms with E-state index in [2.05, 4.69) is 23.8 Å². The van der Waals surface area contributed by atoms with Crippen LogP contribution in [0.4, 0.5) is 31.1 Å². The van der Waals surface area contributed by atoms with E-state index >= 15 is 0 Å². The van der Waals surface area contributed by atoms with E-state index in [0.29, 0.717) is 12.1 Å². The van der Waals surface area contributed by atoms with Gasteiger partial charge in [-0.15, -0.1) is 23.3 Å². The molecule has 0 saturated heterocycles. The van der Waals surface area contributed by atoms with E-state index in [1.165, 1.54) is 13.8 Å². The second-order valence-electron chi connectivity index (χ2n) is 7.06. The monoisotopic (exact) mass is 533 g/mol. The highest BCUT2D eigenvalue weighted by atomic mass is 19.4. The Bertz CT molecular complexity index is 1020. The SMILES string of the molecule is Cc1cc(OC(F)(F)F)cc2c1OC(C(F)(F)F)C(C(=O)OCOC(=O)O[C@@H](C)CCO[N+](=O)[O-])=C2. The van der Waals surface area contributed by atoms with Crippen LogP contribution in [0.1, 0.15) is 24.5 Å². The number of ether oxygens (including phenoxy) is 5. The molecule has 2 rings (SSSR count). The minimum atomic E-state index is -5.13. The summed E-state index contributed by atoms with van der Waals surface area (Å²) in [4.78, 5) is 37.9. The standard InChI is InChI=1S/C19H17F6NO10/c1-9-5-12(36-19(23,24)25)6-11-7-13(15(18(20,21)22)35-14(9)11)16(27)31-8-32-17(28)34-10(2)3-4-33-26(29)30/h5-7,10,15H,3-4,8H2,1-2H3/t10-,15?/m0/s1. The third-order valence-electron chi connectivity index (χ3n) is 4.26. The molecule has 0 spiro atoms. The van der Waals surface area contributed by atoms with Gasteiger partial charge in [-0.3, -0.25) is 0 Å². The summed E-state index contributed by atoms with van der Waals surface area (Å²) in [6, 6.07) is 1.52. The molecule has 0 N–H and O–H groups in total. The smallest absolute Gasteiger partial charge is 0.475 e. The summed E-state index contributed by atoms with van der Waals surface area (Å²) in [5.74, 6) is -2.85. The van der Waals surface area contributed by atoms with Crippen LogP contribution in [0.25, 0.3) is 6.08 Å². The summed E-state index contributed by atoms with van der Waals surface area (Å²) in [5.41, 5.74) is -1.60. The maximum atomic E-state index is 13.5. The summed E-state index contributed by atoms with van der Waals surface area (Å²) in [5, 5.41) is 8.98. The molecule has 17 heteroatoms. The average Bonchev–Trinajstić information content (AvgIpc) is 2.70. The van der Waals surface area contributed by atoms with Crippen LogP contribution in [0.2, 0.25) is 0 Å². The first-order chi connectivity index (χ1) is 16.6. The van der Waals surface area contributed by atoms with Gasteiger partial charge in [-0.2, -0.15) is 13.2 Å². The molecular weight excluding hydrogens is 516 g/mol. The maximum absolute atomic E-state index is 13.5. The molecule has 1 aliphatic rings. The number of hydrogen-bond acceptors (Lipinski definition) is 10. The predicted octanol–water partition coefficient (Wildman–Crippen LogP) is 4.24. The van der Waals surface area contributed by atoms with Crippen LogP contribution < -0.4 is 9.47 Å². The van der Waals surface area contributed by atoms with Crippen LogP contribution in [0.3, 0.4) is 0 Å². The molecule has 0 bridgehead atoms. The molecular formula is C19H17F6NO10. The van der Waals surface area contributed by atoms with Crippen LogP contribution >= 0.6 is 0 Å². The molecule has 2 atom stereocenters. The number of benzene rings is 1. The van der Waals surface area contributed by atoms with Gasteiger partial charge in [0.05, 0.1) is 12.2 Å². The van der Waals surface area contributed by atoms with Gasteiger partial charge < -0.3 is 28.5 Å². The molecule has 1 heterocycles. The van der Waals surface area contributed by atoms with Crippen molar-refractivity contribution >= 4 is 18.2 Å². The minimum Gasteiger partial charge on any atom is -0.475 e. The van der Waals surface area contributed by atoms with Crippen LogP contribution in [0.5, 0.6) is 11.5 Å². The van der Waals surface area contributed by atoms with Gasteiger partial charge in [0.1, 0.15) is 17.6 Å². The molecule has 11 nitrogen and oxygen atoms in total. The lowest BCUT2D eigenvalue weighted by Gasteiger charge is -2.29. The third kappa shape index (κ3) is 8.38. The Hall–Kier alpha value is -3.92. The number of esters is 1. The molecule has 1 aliphatic heterocycles. The zero-order valence-electron chi connectivity index (χ0n) is 18.3. The Kier molecular flexibility index (Phi) is 8.82. The van der Waals surface area contributed by atoms with Gasteiger partial charge in [-0.05, 0) is 37.6 Å². The number of halogens is 6. The largest absolute Gasteiger partial charge is 0.573 e. The minimum absolute atomic E-state index is 0.105. The van der Waals surface area contributed by atoms with Gasteiger partial charge in [0.25, 0.3) is 5.09 Å². The van der Waals surface area contributed by atoms with Gasteiger partial charge in [-0.25, -0.2) is 9.59 Å². The van der Waals surface area contributed by atoms with Gasteiger partial charge in [0, 0.05) is 12.0 Å². The highest BCUT2D eigenvalue weighted by Crippen LogP contribution is 2.41. The molecule has 0 amide bonds. The third-order valence-corrected chi connectivity index (χ3v) is 4.26. The molecule has 1 unspecified atom stereocenters. The van der Waals surface area contributed by atoms with Crippen molar-refractivity contribution in [3.8, 4) is 11.5 Å². The van der Waals surface area contributed by atoms with E-state index in [-0.39, 0.29) is 17.5 Å². The van der Waals surface area contributed by atoms with Crippen molar-refractivity contribution in [2.75, 3.05) is 13.4 Å².